The van der Waals surface area contributed by atoms with Gasteiger partial charge in [0.25, 0.3) is 0 Å². The van der Waals surface area contributed by atoms with Crippen molar-refractivity contribution in [1.82, 2.24) is 0 Å². The maximum Gasteiger partial charge on any atom is 0.416 e. The maximum absolute atomic E-state index is 12.3. The molecule has 0 fully saturated rings. The van der Waals surface area contributed by atoms with E-state index in [0.717, 1.165) is 18.2 Å². The average Bonchev–Trinajstić information content (AvgIpc) is 2.13. The quantitative estimate of drug-likeness (QED) is 0.832. The van der Waals surface area contributed by atoms with E-state index in [2.05, 4.69) is 11.4 Å². The van der Waals surface area contributed by atoms with Gasteiger partial charge in [0.15, 0.2) is 0 Å². The van der Waals surface area contributed by atoms with Crippen molar-refractivity contribution in [3.8, 4) is 0 Å². The number of benzene rings is 1. The first-order valence-corrected chi connectivity index (χ1v) is 5.17. The molecule has 99 valence electrons. The lowest BCUT2D eigenvalue weighted by Crippen LogP contribution is -2.27. The van der Waals surface area contributed by atoms with Gasteiger partial charge in [0.1, 0.15) is 5.60 Å². The Labute approximate surface area is 103 Å². The number of rotatable bonds is 1. The van der Waals surface area contributed by atoms with Crippen molar-refractivity contribution in [2.24, 2.45) is 0 Å². The Bertz CT molecular complexity index is 418. The molecule has 1 N–H and O–H groups in total. The average molecular weight is 260 g/mol. The highest BCUT2D eigenvalue weighted by atomic mass is 19.4. The van der Waals surface area contributed by atoms with Gasteiger partial charge in [-0.15, -0.1) is 0 Å². The van der Waals surface area contributed by atoms with Crippen LogP contribution in [0.2, 0.25) is 0 Å². The van der Waals surface area contributed by atoms with Gasteiger partial charge in [-0.3, -0.25) is 5.32 Å². The van der Waals surface area contributed by atoms with E-state index in [1.54, 1.807) is 20.8 Å². The van der Waals surface area contributed by atoms with Crippen LogP contribution in [0.25, 0.3) is 0 Å². The van der Waals surface area contributed by atoms with Crippen LogP contribution in [-0.2, 0) is 10.9 Å². The summed E-state index contributed by atoms with van der Waals surface area (Å²) in [4.78, 5) is 11.3. The van der Waals surface area contributed by atoms with Gasteiger partial charge in [0.05, 0.1) is 11.3 Å². The third kappa shape index (κ3) is 4.65. The van der Waals surface area contributed by atoms with Crippen molar-refractivity contribution in [2.75, 3.05) is 5.32 Å². The van der Waals surface area contributed by atoms with E-state index in [0.29, 0.717) is 0 Å². The zero-order chi connectivity index (χ0) is 14.0. The number of alkyl halides is 3. The lowest BCUT2D eigenvalue weighted by molar-refractivity contribution is -0.137. The van der Waals surface area contributed by atoms with Crippen molar-refractivity contribution in [1.29, 1.82) is 0 Å². The molecule has 0 aromatic heterocycles. The Morgan fingerprint density at radius 3 is 2.28 bits per heavy atom. The molecule has 0 atom stereocenters. The normalized spacial score (nSPS) is 12.1. The molecule has 0 unspecified atom stereocenters. The number of anilines is 1. The van der Waals surface area contributed by atoms with E-state index in [4.69, 9.17) is 4.74 Å². The number of amides is 1. The van der Waals surface area contributed by atoms with E-state index in [1.807, 2.05) is 0 Å². The molecule has 6 heteroatoms. The van der Waals surface area contributed by atoms with Crippen LogP contribution in [-0.4, -0.2) is 11.7 Å². The van der Waals surface area contributed by atoms with Crippen molar-refractivity contribution in [2.45, 2.75) is 32.5 Å². The Morgan fingerprint density at radius 1 is 1.28 bits per heavy atom. The third-order valence-electron chi connectivity index (χ3n) is 1.78. The molecular formula is C12H13F3NO2. The van der Waals surface area contributed by atoms with Crippen molar-refractivity contribution < 1.29 is 22.7 Å². The Morgan fingerprint density at radius 2 is 1.89 bits per heavy atom. The summed E-state index contributed by atoms with van der Waals surface area (Å²) in [6.07, 6.45) is -5.15. The minimum atomic E-state index is -4.42. The SMILES string of the molecule is CC(C)(C)OC(=O)Nc1[c]cc(C(F)(F)F)cc1. The fourth-order valence-corrected chi connectivity index (χ4v) is 1.09. The molecule has 0 spiro atoms. The van der Waals surface area contributed by atoms with Crippen LogP contribution in [0, 0.1) is 6.07 Å². The fourth-order valence-electron chi connectivity index (χ4n) is 1.09. The van der Waals surface area contributed by atoms with Crippen LogP contribution in [0.15, 0.2) is 18.2 Å². The highest BCUT2D eigenvalue weighted by Gasteiger charge is 2.30. The zero-order valence-corrected chi connectivity index (χ0v) is 10.2. The molecule has 1 amide bonds. The lowest BCUT2D eigenvalue weighted by atomic mass is 10.2. The summed E-state index contributed by atoms with van der Waals surface area (Å²) in [6, 6.07) is 5.08. The number of carbonyl (C=O) groups excluding carboxylic acids is 1. The van der Waals surface area contributed by atoms with E-state index in [1.165, 1.54) is 0 Å². The first kappa shape index (κ1) is 14.3. The topological polar surface area (TPSA) is 38.3 Å². The second-order valence-electron chi connectivity index (χ2n) is 4.62. The van der Waals surface area contributed by atoms with Crippen LogP contribution in [0.3, 0.4) is 0 Å². The lowest BCUT2D eigenvalue weighted by Gasteiger charge is -2.19. The molecule has 1 aromatic carbocycles. The minimum Gasteiger partial charge on any atom is -0.444 e. The predicted octanol–water partition coefficient (Wildman–Crippen LogP) is 3.85. The molecule has 0 aliphatic heterocycles. The predicted molar refractivity (Wildman–Crippen MR) is 60.1 cm³/mol. The monoisotopic (exact) mass is 260 g/mol. The Hall–Kier alpha value is -1.72. The highest BCUT2D eigenvalue weighted by molar-refractivity contribution is 5.84. The summed E-state index contributed by atoms with van der Waals surface area (Å²) in [5.74, 6) is 0. The molecule has 18 heavy (non-hydrogen) atoms. The van der Waals surface area contributed by atoms with Gasteiger partial charge in [-0.05, 0) is 39.0 Å². The van der Waals surface area contributed by atoms with E-state index in [-0.39, 0.29) is 5.69 Å². The first-order chi connectivity index (χ1) is 8.08. The number of nitrogens with one attached hydrogen (secondary N) is 1. The summed E-state index contributed by atoms with van der Waals surface area (Å²) in [5.41, 5.74) is -1.37. The van der Waals surface area contributed by atoms with Crippen LogP contribution >= 0.6 is 0 Å². The summed E-state index contributed by atoms with van der Waals surface area (Å²) < 4.78 is 41.8. The molecule has 0 heterocycles. The molecule has 0 aliphatic carbocycles. The Balaban J connectivity index is 2.67. The van der Waals surface area contributed by atoms with E-state index >= 15 is 0 Å². The largest absolute Gasteiger partial charge is 0.444 e. The number of halogens is 3. The van der Waals surface area contributed by atoms with E-state index < -0.39 is 23.4 Å². The molecule has 1 rings (SSSR count). The van der Waals surface area contributed by atoms with Gasteiger partial charge in [-0.1, -0.05) is 0 Å². The zero-order valence-electron chi connectivity index (χ0n) is 10.2. The van der Waals surface area contributed by atoms with Crippen LogP contribution in [0.1, 0.15) is 26.3 Å². The van der Waals surface area contributed by atoms with Gasteiger partial charge in [0, 0.05) is 6.07 Å². The molecule has 0 saturated heterocycles. The molecular weight excluding hydrogens is 247 g/mol. The van der Waals surface area contributed by atoms with Crippen molar-refractivity contribution in [3.05, 3.63) is 29.8 Å². The fraction of sp³-hybridized carbons (Fsp3) is 0.417. The molecule has 0 bridgehead atoms. The highest BCUT2D eigenvalue weighted by Crippen LogP contribution is 2.29. The second-order valence-corrected chi connectivity index (χ2v) is 4.62. The van der Waals surface area contributed by atoms with E-state index in [9.17, 15) is 18.0 Å². The Kier molecular flexibility index (Phi) is 3.88. The van der Waals surface area contributed by atoms with Crippen molar-refractivity contribution in [3.63, 3.8) is 0 Å². The van der Waals surface area contributed by atoms with Gasteiger partial charge >= 0.3 is 12.3 Å². The standard InChI is InChI=1S/C12H13F3NO2/c1-11(2,3)18-10(17)16-9-6-4-8(5-7-9)12(13,14)15/h4-6H,1-3H3,(H,16,17). The molecule has 0 aliphatic rings. The number of ether oxygens (including phenoxy) is 1. The van der Waals surface area contributed by atoms with Gasteiger partial charge in [0.2, 0.25) is 0 Å². The molecule has 3 nitrogen and oxygen atoms in total. The number of carbonyl (C=O) groups is 1. The third-order valence-corrected chi connectivity index (χ3v) is 1.78. The molecule has 1 aromatic rings. The summed E-state index contributed by atoms with van der Waals surface area (Å²) >= 11 is 0. The van der Waals surface area contributed by atoms with Crippen molar-refractivity contribution >= 4 is 11.8 Å². The molecule has 0 saturated carbocycles. The van der Waals surface area contributed by atoms with Crippen LogP contribution in [0.5, 0.6) is 0 Å². The van der Waals surface area contributed by atoms with Gasteiger partial charge in [-0.2, -0.15) is 13.2 Å². The van der Waals surface area contributed by atoms with Crippen LogP contribution in [0.4, 0.5) is 23.7 Å². The summed E-state index contributed by atoms with van der Waals surface area (Å²) in [7, 11) is 0. The van der Waals surface area contributed by atoms with Gasteiger partial charge in [-0.25, -0.2) is 4.79 Å². The maximum atomic E-state index is 12.3. The van der Waals surface area contributed by atoms with Gasteiger partial charge < -0.3 is 4.74 Å². The summed E-state index contributed by atoms with van der Waals surface area (Å²) in [5, 5.41) is 2.29. The second kappa shape index (κ2) is 4.88. The first-order valence-electron chi connectivity index (χ1n) is 5.17. The summed E-state index contributed by atoms with van der Waals surface area (Å²) in [6.45, 7) is 5.05. The minimum absolute atomic E-state index is 0.122. The number of hydrogen-bond acceptors (Lipinski definition) is 2. The van der Waals surface area contributed by atoms with Crippen LogP contribution < -0.4 is 5.32 Å². The molecule has 1 radical (unpaired) electrons. The smallest absolute Gasteiger partial charge is 0.416 e. The number of hydrogen-bond donors (Lipinski definition) is 1.